The number of nitrogens with zero attached hydrogens (tertiary/aromatic N) is 10. The van der Waals surface area contributed by atoms with Crippen molar-refractivity contribution in [2.75, 3.05) is 29.7 Å². The minimum atomic E-state index is -0.712. The minimum absolute atomic E-state index is 0. The van der Waals surface area contributed by atoms with Crippen LogP contribution >= 0.6 is 24.8 Å². The molecule has 1 aliphatic heterocycles. The molecule has 0 radical (unpaired) electrons. The summed E-state index contributed by atoms with van der Waals surface area (Å²) in [5.41, 5.74) is 22.5. The first-order valence-corrected chi connectivity index (χ1v) is 36.9. The molecule has 0 spiro atoms. The summed E-state index contributed by atoms with van der Waals surface area (Å²) in [7, 11) is 0. The molecule has 0 aliphatic carbocycles. The number of aromatic amines is 5. The number of ether oxygens (including phenoxy) is 3. The Balaban J connectivity index is 0.000000142. The third-order valence-electron chi connectivity index (χ3n) is 19.0. The first-order chi connectivity index (χ1) is 55.4. The fourth-order valence-electron chi connectivity index (χ4n) is 14.2. The van der Waals surface area contributed by atoms with Gasteiger partial charge in [0.2, 0.25) is 0 Å². The fraction of sp³-hybridized carbons (Fsp3) is 0.133. The largest absolute Gasteiger partial charge is 0.466 e. The molecule has 2 amide bonds. The van der Waals surface area contributed by atoms with E-state index in [4.69, 9.17) is 30.1 Å². The van der Waals surface area contributed by atoms with Gasteiger partial charge in [0.05, 0.1) is 67.0 Å². The lowest BCUT2D eigenvalue weighted by Gasteiger charge is -2.36. The first-order valence-electron chi connectivity index (χ1n) is 36.9. The number of amides is 2. The molecular weight excluding hydrogens is 1500 g/mol. The molecule has 0 unspecified atom stereocenters. The number of pyridine rings is 4. The van der Waals surface area contributed by atoms with E-state index in [1.807, 2.05) is 155 Å². The summed E-state index contributed by atoms with van der Waals surface area (Å²) < 4.78 is 20.0. The average Bonchev–Trinajstić information content (AvgIpc) is 1.24. The maximum absolute atomic E-state index is 12.4. The van der Waals surface area contributed by atoms with Crippen LogP contribution in [0.4, 0.5) is 26.7 Å². The minimum Gasteiger partial charge on any atom is -0.466 e. The van der Waals surface area contributed by atoms with Crippen LogP contribution in [0.5, 0.6) is 5.75 Å². The van der Waals surface area contributed by atoms with Crippen LogP contribution in [-0.4, -0.2) is 118 Å². The van der Waals surface area contributed by atoms with Gasteiger partial charge >= 0.3 is 12.2 Å². The molecule has 17 aromatic rings. The number of allylic oxidation sites excluding steroid dienone is 1. The number of H-pyrrole nitrogens is 5. The van der Waals surface area contributed by atoms with Crippen LogP contribution in [0.1, 0.15) is 80.5 Å². The second-order valence-corrected chi connectivity index (χ2v) is 28.9. The number of halogens is 2. The maximum atomic E-state index is 12.4. The molecule has 116 heavy (non-hydrogen) atoms. The molecule has 11 aromatic heterocycles. The van der Waals surface area contributed by atoms with E-state index in [1.54, 1.807) is 37.2 Å². The molecule has 24 nitrogen and oxygen atoms in total. The lowest BCUT2D eigenvalue weighted by atomic mass is 9.77. The lowest BCUT2D eigenvalue weighted by molar-refractivity contribution is 0.0624. The van der Waals surface area contributed by atoms with Crippen LogP contribution in [0.15, 0.2) is 304 Å². The van der Waals surface area contributed by atoms with Crippen molar-refractivity contribution in [3.8, 4) is 39.1 Å². The third kappa shape index (κ3) is 17.1. The third-order valence-corrected chi connectivity index (χ3v) is 19.0. The Labute approximate surface area is 680 Å². The van der Waals surface area contributed by atoms with E-state index in [2.05, 4.69) is 230 Å². The van der Waals surface area contributed by atoms with E-state index in [0.29, 0.717) is 28.5 Å². The number of carbonyl (C=O) groups excluding carboxylic acids is 2. The van der Waals surface area contributed by atoms with Crippen molar-refractivity contribution in [1.29, 1.82) is 0 Å². The Morgan fingerprint density at radius 2 is 0.810 bits per heavy atom. The molecule has 0 fully saturated rings. The SMILES string of the molecule is CC(C)(C)OC(=O)Nc1cnc2[nH]cc(-c3cn[nH]c3)c2c1.CC(C)(C)OC(=O)Nc1cnc2[nH]cc(-c3cnn(C(c4ccccc4)(c4ccccc4)c4ccccc4)c3)c2c1.Cl.Cl.Nc1cnc2[nH]cc(C3=CCN=C3)c2c1.OCOc1cnc2[nH]cc(-c3cnn(C(c4ccccc4)(c4ccccc4)c4ccccc4)c3)c2c1. The van der Waals surface area contributed by atoms with Gasteiger partial charge in [0.15, 0.2) is 6.79 Å². The molecule has 6 aromatic carbocycles. The lowest BCUT2D eigenvalue weighted by Crippen LogP contribution is -2.38. The number of hydrogen-bond donors (Lipinski definition) is 9. The van der Waals surface area contributed by atoms with Crippen LogP contribution in [0.25, 0.3) is 83.1 Å². The number of nitrogens with one attached hydrogen (secondary N) is 7. The Hall–Kier alpha value is -14.2. The number of aromatic nitrogens is 14. The van der Waals surface area contributed by atoms with Gasteiger partial charge in [-0.2, -0.15) is 15.3 Å². The highest BCUT2D eigenvalue weighted by Crippen LogP contribution is 2.44. The van der Waals surface area contributed by atoms with Crippen molar-refractivity contribution in [2.24, 2.45) is 4.99 Å². The van der Waals surface area contributed by atoms with Gasteiger partial charge in [0.1, 0.15) is 50.6 Å². The number of carbonyl (C=O) groups is 2. The van der Waals surface area contributed by atoms with E-state index >= 15 is 0 Å². The van der Waals surface area contributed by atoms with E-state index < -0.39 is 41.3 Å². The average molecular weight is 1580 g/mol. The molecule has 10 N–H and O–H groups in total. The van der Waals surface area contributed by atoms with Gasteiger partial charge in [-0.1, -0.05) is 188 Å². The number of rotatable bonds is 16. The number of fused-ring (bicyclic) bond motifs is 4. The summed E-state index contributed by atoms with van der Waals surface area (Å²) in [6.07, 6.45) is 28.5. The molecule has 26 heteroatoms. The molecule has 0 bridgehead atoms. The number of benzene rings is 6. The van der Waals surface area contributed by atoms with Crippen LogP contribution in [0.2, 0.25) is 0 Å². The second-order valence-electron chi connectivity index (χ2n) is 28.9. The van der Waals surface area contributed by atoms with Gasteiger partial charge in [0, 0.05) is 110 Å². The second kappa shape index (κ2) is 34.8. The van der Waals surface area contributed by atoms with Crippen molar-refractivity contribution < 1.29 is 28.9 Å². The summed E-state index contributed by atoms with van der Waals surface area (Å²) in [5, 5.41) is 35.0. The number of hydrogen-bond acceptors (Lipinski definition) is 15. The summed E-state index contributed by atoms with van der Waals surface area (Å²) >= 11 is 0. The van der Waals surface area contributed by atoms with Crippen molar-refractivity contribution in [3.63, 3.8) is 0 Å². The molecule has 1 aliphatic rings. The molecule has 18 rings (SSSR count). The number of aliphatic imine (C=N–C) groups is 1. The number of aliphatic hydroxyl groups is 1. The zero-order chi connectivity index (χ0) is 78.8. The molecule has 0 atom stereocenters. The number of anilines is 3. The van der Waals surface area contributed by atoms with Crippen LogP contribution in [-0.2, 0) is 20.6 Å². The number of aliphatic hydroxyl groups excluding tert-OH is 1. The summed E-state index contributed by atoms with van der Waals surface area (Å²) in [6.45, 7) is 11.3. The molecule has 0 saturated heterocycles. The first kappa shape index (κ1) is 79.9. The van der Waals surface area contributed by atoms with Gasteiger partial charge in [-0.05, 0) is 105 Å². The maximum Gasteiger partial charge on any atom is 0.412 e. The fourth-order valence-corrected chi connectivity index (χ4v) is 14.2. The molecule has 12 heterocycles. The van der Waals surface area contributed by atoms with Crippen LogP contribution in [0.3, 0.4) is 0 Å². The summed E-state index contributed by atoms with van der Waals surface area (Å²) in [4.78, 5) is 58.6. The predicted octanol–water partition coefficient (Wildman–Crippen LogP) is 19.0. The van der Waals surface area contributed by atoms with Crippen LogP contribution in [0, 0.1) is 0 Å². The van der Waals surface area contributed by atoms with Gasteiger partial charge < -0.3 is 45.0 Å². The highest BCUT2D eigenvalue weighted by atomic mass is 35.5. The highest BCUT2D eigenvalue weighted by Gasteiger charge is 2.41. The van der Waals surface area contributed by atoms with Crippen molar-refractivity contribution in [3.05, 3.63) is 338 Å². The highest BCUT2D eigenvalue weighted by molar-refractivity contribution is 6.16. The topological polar surface area (TPSA) is 324 Å². The van der Waals surface area contributed by atoms with Crippen molar-refractivity contribution >= 4 is 110 Å². The standard InChI is InChI=1S/C34H31N5O2.C30H24N4O2.C15H17N5O2.C11H10N4.2ClH/c1-33(2,3)41-32(40)38-28-19-29-30(22-36-31(29)35-21-28)24-20-37-39(23-24)34(25-13-7-4-8-14-25,26-15-9-5-10-16-26)27-17-11-6-12-18-27;35-21-36-26-16-27-28(19-32-29(27)31-18-26)22-17-33-34(20-22)30(23-10-4-1-5-11-23,24-12-6-2-7-13-24)25-14-8-3-9-15-25;1-15(2,3)22-14(21)20-10-4-11-12(9-5-18-19-6-9)8-17-13(11)16-7-10;12-8-3-9-10(7-1-2-13-4-7)6-15-11(9)14-5-8;;/h4-23H,1-3H3,(H,35,36)(H,38,40);1-20,35H,21H2,(H,31,32);4-8H,1-3H3,(H,16,17)(H,18,19)(H,20,21);1,3-6H,2,12H2,(H,14,15);2*1H. The monoisotopic (exact) mass is 1580 g/mol. The normalized spacial score (nSPS) is 11.9. The Morgan fingerprint density at radius 3 is 1.17 bits per heavy atom. The number of nitrogens with two attached hydrogens (primary N) is 1. The molecule has 584 valence electrons. The zero-order valence-corrected chi connectivity index (χ0v) is 65.8. The van der Waals surface area contributed by atoms with E-state index in [9.17, 15) is 14.7 Å². The summed E-state index contributed by atoms with van der Waals surface area (Å²) in [6, 6.07) is 70.2. The smallest absolute Gasteiger partial charge is 0.412 e. The molecule has 0 saturated carbocycles. The van der Waals surface area contributed by atoms with E-state index in [0.717, 1.165) is 123 Å². The summed E-state index contributed by atoms with van der Waals surface area (Å²) in [5.74, 6) is 0.505. The van der Waals surface area contributed by atoms with Gasteiger partial charge in [-0.3, -0.25) is 30.1 Å². The molecular formula is C90H84Cl2N18O6. The quantitative estimate of drug-likeness (QED) is 0.0321. The van der Waals surface area contributed by atoms with Gasteiger partial charge in [0.25, 0.3) is 0 Å². The van der Waals surface area contributed by atoms with E-state index in [1.165, 1.54) is 0 Å². The Morgan fingerprint density at radius 1 is 0.448 bits per heavy atom. The van der Waals surface area contributed by atoms with E-state index in [-0.39, 0.29) is 24.8 Å². The van der Waals surface area contributed by atoms with Crippen molar-refractivity contribution in [1.82, 2.24) is 69.6 Å². The van der Waals surface area contributed by atoms with Crippen LogP contribution < -0.4 is 21.1 Å². The van der Waals surface area contributed by atoms with Gasteiger partial charge in [-0.25, -0.2) is 29.5 Å². The van der Waals surface area contributed by atoms with Gasteiger partial charge in [-0.15, -0.1) is 24.8 Å². The Kier molecular flexibility index (Phi) is 24.0. The number of nitrogen functional groups attached to an aromatic ring is 1. The van der Waals surface area contributed by atoms with Crippen molar-refractivity contribution in [2.45, 2.75) is 63.8 Å². The Bertz CT molecular complexity index is 6020. The zero-order valence-electron chi connectivity index (χ0n) is 64.1. The predicted molar refractivity (Wildman–Crippen MR) is 461 cm³/mol.